The number of nitrogens with one attached hydrogen (secondary N) is 1. The molecule has 1 rings (SSSR count). The van der Waals surface area contributed by atoms with E-state index < -0.39 is 0 Å². The van der Waals surface area contributed by atoms with Crippen LogP contribution in [0.1, 0.15) is 31.4 Å². The Morgan fingerprint density at radius 1 is 1.33 bits per heavy atom. The molecule has 1 aromatic carbocycles. The van der Waals surface area contributed by atoms with E-state index in [0.29, 0.717) is 11.7 Å². The Labute approximate surface area is 92.3 Å². The van der Waals surface area contributed by atoms with E-state index in [4.69, 9.17) is 0 Å². The molecular formula is C13H21NO. The number of hydrogen-bond donors (Lipinski definition) is 2. The first kappa shape index (κ1) is 11.9. The summed E-state index contributed by atoms with van der Waals surface area (Å²) in [7, 11) is 0. The van der Waals surface area contributed by atoms with Crippen LogP contribution in [0, 0.1) is 19.8 Å². The van der Waals surface area contributed by atoms with E-state index >= 15 is 0 Å². The minimum atomic E-state index is 0.407. The third-order valence-corrected chi connectivity index (χ3v) is 2.97. The molecule has 0 amide bonds. The molecule has 2 N–H and O–H groups in total. The summed E-state index contributed by atoms with van der Waals surface area (Å²) in [5, 5.41) is 13.1. The van der Waals surface area contributed by atoms with Gasteiger partial charge in [-0.2, -0.15) is 0 Å². The van der Waals surface area contributed by atoms with Crippen LogP contribution >= 0.6 is 0 Å². The predicted octanol–water partition coefficient (Wildman–Crippen LogP) is 3.47. The number of aryl methyl sites for hydroxylation is 1. The van der Waals surface area contributed by atoms with Gasteiger partial charge >= 0.3 is 0 Å². The molecule has 0 fully saturated rings. The fourth-order valence-corrected chi connectivity index (χ4v) is 1.46. The second-order valence-corrected chi connectivity index (χ2v) is 4.30. The molecule has 0 heterocycles. The number of phenols is 1. The monoisotopic (exact) mass is 207 g/mol. The lowest BCUT2D eigenvalue weighted by molar-refractivity contribution is 0.467. The highest BCUT2D eigenvalue weighted by Crippen LogP contribution is 2.28. The third kappa shape index (κ3) is 2.88. The lowest BCUT2D eigenvalue weighted by Crippen LogP contribution is -2.11. The molecule has 0 aliphatic heterocycles. The summed E-state index contributed by atoms with van der Waals surface area (Å²) in [6.07, 6.45) is 1.17. The van der Waals surface area contributed by atoms with Gasteiger partial charge in [0, 0.05) is 17.8 Å². The van der Waals surface area contributed by atoms with Crippen molar-refractivity contribution in [3.8, 4) is 5.75 Å². The van der Waals surface area contributed by atoms with E-state index in [-0.39, 0.29) is 0 Å². The van der Waals surface area contributed by atoms with Gasteiger partial charge in [-0.1, -0.05) is 26.3 Å². The van der Waals surface area contributed by atoms with E-state index in [0.717, 1.165) is 23.4 Å². The van der Waals surface area contributed by atoms with Crippen molar-refractivity contribution in [3.05, 3.63) is 23.3 Å². The SMILES string of the molecule is CCC(C)CNc1ccc(C)c(O)c1C. The van der Waals surface area contributed by atoms with E-state index in [1.165, 1.54) is 6.42 Å². The second-order valence-electron chi connectivity index (χ2n) is 4.30. The lowest BCUT2D eigenvalue weighted by Gasteiger charge is -2.15. The van der Waals surface area contributed by atoms with Crippen molar-refractivity contribution in [2.75, 3.05) is 11.9 Å². The molecule has 0 saturated carbocycles. The standard InChI is InChI=1S/C13H21NO/c1-5-9(2)8-14-12-7-6-10(3)13(15)11(12)4/h6-7,9,14-15H,5,8H2,1-4H3. The van der Waals surface area contributed by atoms with E-state index in [1.54, 1.807) is 0 Å². The highest BCUT2D eigenvalue weighted by molar-refractivity contribution is 5.58. The molecule has 15 heavy (non-hydrogen) atoms. The summed E-state index contributed by atoms with van der Waals surface area (Å²) in [4.78, 5) is 0. The fourth-order valence-electron chi connectivity index (χ4n) is 1.46. The molecule has 84 valence electrons. The Morgan fingerprint density at radius 3 is 2.60 bits per heavy atom. The first-order valence-electron chi connectivity index (χ1n) is 5.59. The van der Waals surface area contributed by atoms with E-state index in [9.17, 15) is 5.11 Å². The third-order valence-electron chi connectivity index (χ3n) is 2.97. The maximum atomic E-state index is 9.77. The van der Waals surface area contributed by atoms with Crippen LogP contribution in [0.3, 0.4) is 0 Å². The highest BCUT2D eigenvalue weighted by atomic mass is 16.3. The van der Waals surface area contributed by atoms with Crippen molar-refractivity contribution in [1.29, 1.82) is 0 Å². The Kier molecular flexibility index (Phi) is 4.01. The number of rotatable bonds is 4. The normalized spacial score (nSPS) is 12.5. The van der Waals surface area contributed by atoms with Gasteiger partial charge in [-0.3, -0.25) is 0 Å². The van der Waals surface area contributed by atoms with Crippen LogP contribution in [-0.2, 0) is 0 Å². The summed E-state index contributed by atoms with van der Waals surface area (Å²) < 4.78 is 0. The van der Waals surface area contributed by atoms with Crippen molar-refractivity contribution in [2.24, 2.45) is 5.92 Å². The average molecular weight is 207 g/mol. The Morgan fingerprint density at radius 2 is 2.00 bits per heavy atom. The molecule has 2 nitrogen and oxygen atoms in total. The summed E-state index contributed by atoms with van der Waals surface area (Å²) in [5.41, 5.74) is 2.92. The molecule has 0 radical (unpaired) electrons. The predicted molar refractivity (Wildman–Crippen MR) is 65.5 cm³/mol. The van der Waals surface area contributed by atoms with Crippen LogP contribution in [0.15, 0.2) is 12.1 Å². The Bertz CT molecular complexity index is 334. The number of phenolic OH excluding ortho intramolecular Hbond substituents is 1. The number of hydrogen-bond acceptors (Lipinski definition) is 2. The van der Waals surface area contributed by atoms with Crippen LogP contribution in [-0.4, -0.2) is 11.7 Å². The van der Waals surface area contributed by atoms with Gasteiger partial charge in [-0.25, -0.2) is 0 Å². The minimum absolute atomic E-state index is 0.407. The molecule has 1 aromatic rings. The largest absolute Gasteiger partial charge is 0.507 e. The smallest absolute Gasteiger partial charge is 0.123 e. The quantitative estimate of drug-likeness (QED) is 0.792. The Hall–Kier alpha value is -1.18. The van der Waals surface area contributed by atoms with Crippen molar-refractivity contribution in [1.82, 2.24) is 0 Å². The van der Waals surface area contributed by atoms with Crippen LogP contribution < -0.4 is 5.32 Å². The zero-order valence-electron chi connectivity index (χ0n) is 10.1. The lowest BCUT2D eigenvalue weighted by atomic mass is 10.1. The van der Waals surface area contributed by atoms with Crippen molar-refractivity contribution < 1.29 is 5.11 Å². The average Bonchev–Trinajstić information content (AvgIpc) is 2.24. The molecule has 0 aromatic heterocycles. The Balaban J connectivity index is 2.74. The van der Waals surface area contributed by atoms with Crippen molar-refractivity contribution >= 4 is 5.69 Å². The maximum Gasteiger partial charge on any atom is 0.123 e. The maximum absolute atomic E-state index is 9.77. The number of benzene rings is 1. The van der Waals surface area contributed by atoms with Crippen LogP contribution in [0.25, 0.3) is 0 Å². The second kappa shape index (κ2) is 5.06. The topological polar surface area (TPSA) is 32.3 Å². The molecule has 0 bridgehead atoms. The van der Waals surface area contributed by atoms with Crippen molar-refractivity contribution in [3.63, 3.8) is 0 Å². The summed E-state index contributed by atoms with van der Waals surface area (Å²) >= 11 is 0. The van der Waals surface area contributed by atoms with Gasteiger partial charge in [0.05, 0.1) is 0 Å². The van der Waals surface area contributed by atoms with Gasteiger partial charge in [0.1, 0.15) is 5.75 Å². The van der Waals surface area contributed by atoms with Crippen molar-refractivity contribution in [2.45, 2.75) is 34.1 Å². The van der Waals surface area contributed by atoms with Gasteiger partial charge in [0.2, 0.25) is 0 Å². The van der Waals surface area contributed by atoms with Gasteiger partial charge in [-0.15, -0.1) is 0 Å². The summed E-state index contributed by atoms with van der Waals surface area (Å²) in [5.74, 6) is 1.07. The first-order valence-corrected chi connectivity index (χ1v) is 5.59. The molecule has 0 spiro atoms. The first-order chi connectivity index (χ1) is 7.06. The molecule has 0 aliphatic carbocycles. The van der Waals surface area contributed by atoms with Gasteiger partial charge in [0.15, 0.2) is 0 Å². The number of aromatic hydroxyl groups is 1. The zero-order valence-corrected chi connectivity index (χ0v) is 10.1. The summed E-state index contributed by atoms with van der Waals surface area (Å²) in [6.45, 7) is 9.23. The molecule has 1 unspecified atom stereocenters. The highest BCUT2D eigenvalue weighted by Gasteiger charge is 2.06. The van der Waals surface area contributed by atoms with Crippen LogP contribution in [0.4, 0.5) is 5.69 Å². The number of anilines is 1. The molecular weight excluding hydrogens is 186 g/mol. The molecule has 0 aliphatic rings. The van der Waals surface area contributed by atoms with Gasteiger partial charge < -0.3 is 10.4 Å². The summed E-state index contributed by atoms with van der Waals surface area (Å²) in [6, 6.07) is 3.98. The van der Waals surface area contributed by atoms with Gasteiger partial charge in [0.25, 0.3) is 0 Å². The molecule has 1 atom stereocenters. The van der Waals surface area contributed by atoms with Gasteiger partial charge in [-0.05, 0) is 31.4 Å². The minimum Gasteiger partial charge on any atom is -0.507 e. The van der Waals surface area contributed by atoms with Crippen LogP contribution in [0.2, 0.25) is 0 Å². The van der Waals surface area contributed by atoms with E-state index in [2.05, 4.69) is 19.2 Å². The van der Waals surface area contributed by atoms with E-state index in [1.807, 2.05) is 26.0 Å². The zero-order chi connectivity index (χ0) is 11.4. The van der Waals surface area contributed by atoms with Crippen LogP contribution in [0.5, 0.6) is 5.75 Å². The molecule has 2 heteroatoms. The fraction of sp³-hybridized carbons (Fsp3) is 0.538. The molecule has 0 saturated heterocycles.